The van der Waals surface area contributed by atoms with Gasteiger partial charge in [-0.15, -0.1) is 0 Å². The first-order chi connectivity index (χ1) is 7.43. The summed E-state index contributed by atoms with van der Waals surface area (Å²) in [5, 5.41) is 2.30. The number of hydrogen-bond acceptors (Lipinski definition) is 3. The quantitative estimate of drug-likeness (QED) is 0.733. The van der Waals surface area contributed by atoms with Crippen molar-refractivity contribution in [3.63, 3.8) is 0 Å². The number of nitrogens with one attached hydrogen (secondary N) is 1. The van der Waals surface area contributed by atoms with Crippen LogP contribution in [0.2, 0.25) is 0 Å². The molecule has 0 heterocycles. The minimum absolute atomic E-state index is 0.245. The second-order valence-corrected chi connectivity index (χ2v) is 6.51. The van der Waals surface area contributed by atoms with Gasteiger partial charge in [-0.3, -0.25) is 9.87 Å². The molecule has 0 aromatic heterocycles. The zero-order valence-electron chi connectivity index (χ0n) is 10.1. The molecule has 0 spiro atoms. The summed E-state index contributed by atoms with van der Waals surface area (Å²) in [5.41, 5.74) is 0. The number of hydrogen-bond donors (Lipinski definition) is 2. The minimum Gasteiger partial charge on any atom is -0.296 e. The average Bonchev–Trinajstić information content (AvgIpc) is 2.19. The molecule has 1 atom stereocenters. The van der Waals surface area contributed by atoms with Gasteiger partial charge in [-0.25, -0.2) is 0 Å². The van der Waals surface area contributed by atoms with Crippen molar-refractivity contribution < 1.29 is 13.0 Å². The molecule has 4 nitrogen and oxygen atoms in total. The topological polar surface area (TPSA) is 66.4 Å². The van der Waals surface area contributed by atoms with Crippen LogP contribution in [0.25, 0.3) is 0 Å². The van der Waals surface area contributed by atoms with E-state index >= 15 is 0 Å². The molecule has 1 aliphatic rings. The van der Waals surface area contributed by atoms with E-state index in [1.165, 1.54) is 0 Å². The summed E-state index contributed by atoms with van der Waals surface area (Å²) in [7, 11) is -3.95. The lowest BCUT2D eigenvalue weighted by molar-refractivity contribution is 0.294. The maximum Gasteiger partial charge on any atom is 0.281 e. The molecule has 1 unspecified atom stereocenters. The van der Waals surface area contributed by atoms with E-state index in [-0.39, 0.29) is 6.04 Å². The smallest absolute Gasteiger partial charge is 0.281 e. The Hall–Kier alpha value is -0.130. The van der Waals surface area contributed by atoms with Gasteiger partial charge in [0.25, 0.3) is 10.1 Å². The molecule has 1 saturated carbocycles. The van der Waals surface area contributed by atoms with Gasteiger partial charge in [-0.1, -0.05) is 20.3 Å². The zero-order valence-corrected chi connectivity index (χ0v) is 11.0. The zero-order chi connectivity index (χ0) is 12.2. The Bertz CT molecular complexity index is 294. The predicted molar refractivity (Wildman–Crippen MR) is 64.8 cm³/mol. The van der Waals surface area contributed by atoms with E-state index in [4.69, 9.17) is 4.55 Å². The highest BCUT2D eigenvalue weighted by Gasteiger charge is 2.27. The Kier molecular flexibility index (Phi) is 5.21. The molecule has 0 aromatic carbocycles. The Balaban J connectivity index is 2.49. The molecule has 0 bridgehead atoms. The van der Waals surface area contributed by atoms with E-state index in [0.717, 1.165) is 38.0 Å². The van der Waals surface area contributed by atoms with Crippen molar-refractivity contribution in [2.24, 2.45) is 5.92 Å². The summed E-state index contributed by atoms with van der Waals surface area (Å²) in [4.78, 5) is 0. The third-order valence-corrected chi connectivity index (χ3v) is 4.44. The largest absolute Gasteiger partial charge is 0.296 e. The van der Waals surface area contributed by atoms with Gasteiger partial charge in [-0.2, -0.15) is 8.42 Å². The van der Waals surface area contributed by atoms with Gasteiger partial charge in [0.05, 0.1) is 0 Å². The first-order valence-corrected chi connectivity index (χ1v) is 7.66. The summed E-state index contributed by atoms with van der Waals surface area (Å²) in [6, 6.07) is 0.245. The molecule has 0 aromatic rings. The third-order valence-electron chi connectivity index (χ3n) is 3.35. The highest BCUT2D eigenvalue weighted by molar-refractivity contribution is 7.86. The second-order valence-electron chi connectivity index (χ2n) is 4.92. The van der Waals surface area contributed by atoms with Crippen LogP contribution in [0.3, 0.4) is 0 Å². The van der Waals surface area contributed by atoms with Crippen molar-refractivity contribution in [1.29, 1.82) is 0 Å². The van der Waals surface area contributed by atoms with Crippen LogP contribution in [-0.4, -0.2) is 24.4 Å². The molecule has 0 saturated heterocycles. The van der Waals surface area contributed by atoms with Crippen molar-refractivity contribution in [1.82, 2.24) is 5.32 Å². The molecule has 96 valence electrons. The van der Waals surface area contributed by atoms with E-state index in [1.54, 1.807) is 0 Å². The highest BCUT2D eigenvalue weighted by atomic mass is 32.2. The van der Waals surface area contributed by atoms with E-state index in [1.807, 2.05) is 6.92 Å². The monoisotopic (exact) mass is 249 g/mol. The second kappa shape index (κ2) is 5.98. The summed E-state index contributed by atoms with van der Waals surface area (Å²) in [6.07, 6.45) is 5.53. The summed E-state index contributed by atoms with van der Waals surface area (Å²) >= 11 is 0. The standard InChI is InChI=1S/C11H23NO3S/c1-3-4-11(16(13,14)15)12-10-7-5-9(2)6-8-10/h9-12H,3-8H2,1-2H3,(H,13,14,15). The lowest BCUT2D eigenvalue weighted by atomic mass is 9.87. The van der Waals surface area contributed by atoms with E-state index in [0.29, 0.717) is 6.42 Å². The van der Waals surface area contributed by atoms with Gasteiger partial charge in [0, 0.05) is 6.04 Å². The summed E-state index contributed by atoms with van der Waals surface area (Å²) in [6.45, 7) is 4.14. The maximum atomic E-state index is 11.2. The predicted octanol–water partition coefficient (Wildman–Crippen LogP) is 2.17. The SMILES string of the molecule is CCCC(NC1CCC(C)CC1)S(=O)(=O)O. The third kappa shape index (κ3) is 4.39. The summed E-state index contributed by atoms with van der Waals surface area (Å²) < 4.78 is 31.4. The van der Waals surface area contributed by atoms with Crippen molar-refractivity contribution >= 4 is 10.1 Å². The number of rotatable bonds is 5. The van der Waals surface area contributed by atoms with Gasteiger partial charge in [-0.05, 0) is 38.0 Å². The molecule has 16 heavy (non-hydrogen) atoms. The van der Waals surface area contributed by atoms with Crippen molar-refractivity contribution in [2.45, 2.75) is 63.8 Å². The first kappa shape index (κ1) is 13.9. The van der Waals surface area contributed by atoms with Crippen LogP contribution in [0.15, 0.2) is 0 Å². The fourth-order valence-electron chi connectivity index (χ4n) is 2.27. The van der Waals surface area contributed by atoms with Crippen LogP contribution < -0.4 is 5.32 Å². The lowest BCUT2D eigenvalue weighted by Crippen LogP contribution is -2.44. The fourth-order valence-corrected chi connectivity index (χ4v) is 3.17. The van der Waals surface area contributed by atoms with E-state index < -0.39 is 15.5 Å². The molecule has 1 rings (SSSR count). The van der Waals surface area contributed by atoms with Crippen molar-refractivity contribution in [2.75, 3.05) is 0 Å². The molecule has 0 amide bonds. The molecule has 5 heteroatoms. The van der Waals surface area contributed by atoms with Crippen LogP contribution in [0.5, 0.6) is 0 Å². The molecule has 1 fully saturated rings. The highest BCUT2D eigenvalue weighted by Crippen LogP contribution is 2.24. The molecular formula is C11H23NO3S. The van der Waals surface area contributed by atoms with Crippen LogP contribution in [0.4, 0.5) is 0 Å². The lowest BCUT2D eigenvalue weighted by Gasteiger charge is -2.29. The Morgan fingerprint density at radius 1 is 1.31 bits per heavy atom. The molecular weight excluding hydrogens is 226 g/mol. The Morgan fingerprint density at radius 3 is 2.31 bits per heavy atom. The van der Waals surface area contributed by atoms with Crippen LogP contribution in [0, 0.1) is 5.92 Å². The Morgan fingerprint density at radius 2 is 1.88 bits per heavy atom. The first-order valence-electron chi connectivity index (χ1n) is 6.15. The van der Waals surface area contributed by atoms with Crippen LogP contribution in [-0.2, 0) is 10.1 Å². The molecule has 1 aliphatic carbocycles. The van der Waals surface area contributed by atoms with Gasteiger partial charge in [0.2, 0.25) is 0 Å². The van der Waals surface area contributed by atoms with Crippen LogP contribution in [0.1, 0.15) is 52.4 Å². The van der Waals surface area contributed by atoms with Gasteiger partial charge < -0.3 is 0 Å². The van der Waals surface area contributed by atoms with E-state index in [9.17, 15) is 8.42 Å². The summed E-state index contributed by atoms with van der Waals surface area (Å²) in [5.74, 6) is 0.744. The normalized spacial score (nSPS) is 28.9. The Labute approximate surface area is 98.6 Å². The molecule has 2 N–H and O–H groups in total. The van der Waals surface area contributed by atoms with Gasteiger partial charge >= 0.3 is 0 Å². The maximum absolute atomic E-state index is 11.2. The van der Waals surface area contributed by atoms with Crippen LogP contribution >= 0.6 is 0 Å². The van der Waals surface area contributed by atoms with Gasteiger partial charge in [0.1, 0.15) is 5.37 Å². The van der Waals surface area contributed by atoms with E-state index in [2.05, 4.69) is 12.2 Å². The molecule has 0 radical (unpaired) electrons. The average molecular weight is 249 g/mol. The fraction of sp³-hybridized carbons (Fsp3) is 1.00. The van der Waals surface area contributed by atoms with Crippen molar-refractivity contribution in [3.05, 3.63) is 0 Å². The van der Waals surface area contributed by atoms with Crippen molar-refractivity contribution in [3.8, 4) is 0 Å². The molecule has 0 aliphatic heterocycles. The van der Waals surface area contributed by atoms with Gasteiger partial charge in [0.15, 0.2) is 0 Å². The minimum atomic E-state index is -3.95.